The second kappa shape index (κ2) is 15.7. The zero-order chi connectivity index (χ0) is 8.24. The predicted molar refractivity (Wildman–Crippen MR) is 34.8 cm³/mol. The van der Waals surface area contributed by atoms with E-state index in [1.807, 2.05) is 0 Å². The molecule has 6 heteroatoms. The zero-order valence-corrected chi connectivity index (χ0v) is 5.94. The second-order valence-corrected chi connectivity index (χ2v) is 0.985. The Morgan fingerprint density at radius 3 is 1.30 bits per heavy atom. The number of rotatable bonds is 4. The van der Waals surface area contributed by atoms with Gasteiger partial charge in [0.05, 0.1) is 0 Å². The van der Waals surface area contributed by atoms with Gasteiger partial charge < -0.3 is 9.68 Å². The Balaban J connectivity index is 0. The van der Waals surface area contributed by atoms with Crippen LogP contribution in [0.5, 0.6) is 0 Å². The minimum atomic E-state index is 0.365. The van der Waals surface area contributed by atoms with Gasteiger partial charge in [0, 0.05) is 0 Å². The molecule has 0 fully saturated rings. The fourth-order valence-electron chi connectivity index (χ4n) is 0.105. The van der Waals surface area contributed by atoms with Crippen LogP contribution in [-0.2, 0) is 9.68 Å². The van der Waals surface area contributed by atoms with E-state index in [2.05, 4.69) is 20.4 Å². The van der Waals surface area contributed by atoms with Crippen LogP contribution in [0.1, 0.15) is 13.8 Å². The van der Waals surface area contributed by atoms with Crippen LogP contribution in [0.15, 0.2) is 10.7 Å². The molecule has 0 amide bonds. The summed E-state index contributed by atoms with van der Waals surface area (Å²) in [6, 6.07) is 0. The van der Waals surface area contributed by atoms with Crippen molar-refractivity contribution < 1.29 is 9.68 Å². The Labute approximate surface area is 58.4 Å². The fourth-order valence-corrected chi connectivity index (χ4v) is 0.105. The van der Waals surface area contributed by atoms with E-state index in [0.29, 0.717) is 13.2 Å². The maximum atomic E-state index is 8.93. The Morgan fingerprint density at radius 2 is 1.30 bits per heavy atom. The van der Waals surface area contributed by atoms with Crippen molar-refractivity contribution in [1.82, 2.24) is 0 Å². The molecule has 0 bridgehead atoms. The lowest BCUT2D eigenvalue weighted by atomic mass is 10.9. The Morgan fingerprint density at radius 1 is 1.00 bits per heavy atom. The van der Waals surface area contributed by atoms with Gasteiger partial charge in [0.25, 0.3) is 0 Å². The highest BCUT2D eigenvalue weighted by molar-refractivity contribution is 4.02. The highest BCUT2D eigenvalue weighted by Gasteiger charge is 1.62. The number of nitrogens with zero attached hydrogens (tertiary/aromatic N) is 2. The van der Waals surface area contributed by atoms with Crippen molar-refractivity contribution in [3.05, 3.63) is 9.81 Å². The molecule has 0 unspecified atom stereocenters. The van der Waals surface area contributed by atoms with E-state index in [9.17, 15) is 0 Å². The first-order valence-corrected chi connectivity index (χ1v) is 2.72. The monoisotopic (exact) mass is 150 g/mol. The Bertz CT molecular complexity index is 67.7. The van der Waals surface area contributed by atoms with Crippen molar-refractivity contribution in [3.63, 3.8) is 0 Å². The summed E-state index contributed by atoms with van der Waals surface area (Å²) in [7, 11) is 0. The molecule has 10 heavy (non-hydrogen) atoms. The molecule has 0 saturated heterocycles. The van der Waals surface area contributed by atoms with Gasteiger partial charge in [-0.2, -0.15) is 0 Å². The lowest BCUT2D eigenvalue weighted by Crippen LogP contribution is -1.71. The summed E-state index contributed by atoms with van der Waals surface area (Å²) in [5, 5.41) is 4.21. The van der Waals surface area contributed by atoms with E-state index in [1.54, 1.807) is 13.8 Å². The zero-order valence-electron chi connectivity index (χ0n) is 5.94. The van der Waals surface area contributed by atoms with E-state index in [4.69, 9.17) is 9.81 Å². The van der Waals surface area contributed by atoms with Gasteiger partial charge in [-0.1, -0.05) is 0 Å². The van der Waals surface area contributed by atoms with Gasteiger partial charge in [0.1, 0.15) is 13.2 Å². The maximum absolute atomic E-state index is 8.93. The van der Waals surface area contributed by atoms with E-state index < -0.39 is 0 Å². The molecule has 0 aliphatic rings. The first-order chi connectivity index (χ1) is 4.83. The number of hydrogen-bond donors (Lipinski definition) is 0. The number of hydrogen-bond acceptors (Lipinski definition) is 6. The first kappa shape index (κ1) is 11.6. The molecule has 0 N–H and O–H groups in total. The van der Waals surface area contributed by atoms with Crippen LogP contribution < -0.4 is 0 Å². The summed E-state index contributed by atoms with van der Waals surface area (Å²) in [5.74, 6) is 0. The summed E-state index contributed by atoms with van der Waals surface area (Å²) in [4.78, 5) is 25.7. The van der Waals surface area contributed by atoms with Crippen LogP contribution in [0, 0.1) is 9.81 Å². The molecule has 0 aromatic rings. The van der Waals surface area contributed by atoms with Crippen molar-refractivity contribution in [2.75, 3.05) is 13.2 Å². The van der Waals surface area contributed by atoms with Gasteiger partial charge in [0.2, 0.25) is 0 Å². The van der Waals surface area contributed by atoms with E-state index in [-0.39, 0.29) is 0 Å². The molecule has 0 spiro atoms. The second-order valence-electron chi connectivity index (χ2n) is 0.985. The lowest BCUT2D eigenvalue weighted by molar-refractivity contribution is 0.154. The Hall–Kier alpha value is -1.20. The van der Waals surface area contributed by atoms with Crippen LogP contribution in [-0.4, -0.2) is 13.2 Å². The van der Waals surface area contributed by atoms with Crippen molar-refractivity contribution in [2.24, 2.45) is 10.7 Å². The van der Waals surface area contributed by atoms with Crippen LogP contribution in [0.4, 0.5) is 0 Å². The summed E-state index contributed by atoms with van der Waals surface area (Å²) >= 11 is 0. The highest BCUT2D eigenvalue weighted by Crippen LogP contribution is 1.65. The molecule has 0 saturated carbocycles. The lowest BCUT2D eigenvalue weighted by Gasteiger charge is -1.76. The molecule has 0 aliphatic heterocycles. The normalized spacial score (nSPS) is 6.60. The largest absolute Gasteiger partial charge is 0.364 e. The summed E-state index contributed by atoms with van der Waals surface area (Å²) in [6.45, 7) is 4.12. The maximum Gasteiger partial charge on any atom is 0.155 e. The molecule has 0 rings (SSSR count). The molecule has 0 aromatic carbocycles. The quantitative estimate of drug-likeness (QED) is 0.448. The summed E-state index contributed by atoms with van der Waals surface area (Å²) in [6.07, 6.45) is 0. The third-order valence-electron chi connectivity index (χ3n) is 0.364. The molecule has 0 atom stereocenters. The molecule has 0 aliphatic carbocycles. The van der Waals surface area contributed by atoms with Gasteiger partial charge in [-0.15, -0.1) is 9.81 Å². The topological polar surface area (TPSA) is 77.3 Å². The van der Waals surface area contributed by atoms with Gasteiger partial charge in [0.15, 0.2) is 10.7 Å². The highest BCUT2D eigenvalue weighted by atomic mass is 16.7. The molecular formula is C4H10N2O4. The summed E-state index contributed by atoms with van der Waals surface area (Å²) < 4.78 is 0. The predicted octanol–water partition coefficient (Wildman–Crippen LogP) is 1.41. The van der Waals surface area contributed by atoms with Gasteiger partial charge in [-0.05, 0) is 13.8 Å². The Kier molecular flexibility index (Phi) is 18.1. The van der Waals surface area contributed by atoms with E-state index in [1.165, 1.54) is 0 Å². The SMILES string of the molecule is CCON=O.CCON=O. The minimum absolute atomic E-state index is 0.365. The standard InChI is InChI=1S/2C2H5NO2/c2*1-2-5-3-4/h2*2H2,1H3. The van der Waals surface area contributed by atoms with Gasteiger partial charge in [-0.25, -0.2) is 0 Å². The average Bonchev–Trinajstić information content (AvgIpc) is 1.93. The van der Waals surface area contributed by atoms with Crippen molar-refractivity contribution in [2.45, 2.75) is 13.8 Å². The fraction of sp³-hybridized carbons (Fsp3) is 1.00. The third-order valence-corrected chi connectivity index (χ3v) is 0.364. The average molecular weight is 150 g/mol. The van der Waals surface area contributed by atoms with Crippen LogP contribution >= 0.6 is 0 Å². The van der Waals surface area contributed by atoms with Gasteiger partial charge in [-0.3, -0.25) is 0 Å². The summed E-state index contributed by atoms with van der Waals surface area (Å²) in [5.41, 5.74) is 0. The van der Waals surface area contributed by atoms with Crippen molar-refractivity contribution in [3.8, 4) is 0 Å². The molecular weight excluding hydrogens is 140 g/mol. The molecule has 0 aromatic heterocycles. The molecule has 0 heterocycles. The van der Waals surface area contributed by atoms with Crippen molar-refractivity contribution in [1.29, 1.82) is 0 Å². The minimum Gasteiger partial charge on any atom is -0.364 e. The van der Waals surface area contributed by atoms with E-state index >= 15 is 0 Å². The molecule has 6 nitrogen and oxygen atoms in total. The third kappa shape index (κ3) is 29.2. The first-order valence-electron chi connectivity index (χ1n) is 2.72. The van der Waals surface area contributed by atoms with E-state index in [0.717, 1.165) is 0 Å². The molecule has 60 valence electrons. The van der Waals surface area contributed by atoms with Crippen LogP contribution in [0.3, 0.4) is 0 Å². The van der Waals surface area contributed by atoms with Gasteiger partial charge >= 0.3 is 0 Å². The molecule has 0 radical (unpaired) electrons. The van der Waals surface area contributed by atoms with Crippen LogP contribution in [0.25, 0.3) is 0 Å². The van der Waals surface area contributed by atoms with Crippen molar-refractivity contribution >= 4 is 0 Å². The van der Waals surface area contributed by atoms with Crippen LogP contribution in [0.2, 0.25) is 0 Å². The smallest absolute Gasteiger partial charge is 0.155 e.